The number of carbonyl (C=O) groups is 3. The van der Waals surface area contributed by atoms with Crippen molar-refractivity contribution in [2.75, 3.05) is 13.2 Å². The summed E-state index contributed by atoms with van der Waals surface area (Å²) in [7, 11) is 0. The van der Waals surface area contributed by atoms with E-state index in [4.69, 9.17) is 0 Å². The fraction of sp³-hybridized carbons (Fsp3) is 0.550. The van der Waals surface area contributed by atoms with Crippen LogP contribution in [0.25, 0.3) is 0 Å². The molecule has 0 aromatic heterocycles. The second-order valence-electron chi connectivity index (χ2n) is 7.22. The Bertz CT molecular complexity index is 661. The first kappa shape index (κ1) is 20.1. The first-order valence-corrected chi connectivity index (χ1v) is 9.14. The van der Waals surface area contributed by atoms with Crippen molar-refractivity contribution in [2.45, 2.75) is 51.5 Å². The van der Waals surface area contributed by atoms with Crippen molar-refractivity contribution in [2.24, 2.45) is 5.92 Å². The normalized spacial score (nSPS) is 22.4. The minimum Gasteiger partial charge on any atom is -0.394 e. The van der Waals surface area contributed by atoms with Gasteiger partial charge in [-0.1, -0.05) is 50.6 Å². The average molecular weight is 360 g/mol. The monoisotopic (exact) mass is 360 g/mol. The zero-order valence-electron chi connectivity index (χ0n) is 15.7. The van der Waals surface area contributed by atoms with Crippen LogP contribution in [0.2, 0.25) is 0 Å². The van der Waals surface area contributed by atoms with Crippen molar-refractivity contribution in [3.8, 4) is 0 Å². The maximum absolute atomic E-state index is 12.8. The quantitative estimate of drug-likeness (QED) is 0.690. The van der Waals surface area contributed by atoms with E-state index >= 15 is 0 Å². The van der Waals surface area contributed by atoms with Crippen molar-refractivity contribution in [1.82, 2.24) is 10.2 Å². The van der Waals surface area contributed by atoms with E-state index in [1.807, 2.05) is 44.2 Å². The molecule has 0 aliphatic carbocycles. The molecule has 2 N–H and O–H groups in total. The Hall–Kier alpha value is -2.21. The highest BCUT2D eigenvalue weighted by Gasteiger charge is 2.49. The molecule has 1 aliphatic rings. The molecule has 1 fully saturated rings. The number of hydrogen-bond acceptors (Lipinski definition) is 4. The first-order valence-electron chi connectivity index (χ1n) is 9.14. The highest BCUT2D eigenvalue weighted by molar-refractivity contribution is 6.09. The smallest absolute Gasteiger partial charge is 0.240 e. The fourth-order valence-electron chi connectivity index (χ4n) is 3.29. The molecule has 1 unspecified atom stereocenters. The Morgan fingerprint density at radius 1 is 1.31 bits per heavy atom. The van der Waals surface area contributed by atoms with Gasteiger partial charge in [-0.25, -0.2) is 0 Å². The van der Waals surface area contributed by atoms with Crippen LogP contribution in [0, 0.1) is 5.92 Å². The van der Waals surface area contributed by atoms with Gasteiger partial charge in [-0.3, -0.25) is 19.3 Å². The maximum Gasteiger partial charge on any atom is 0.240 e. The summed E-state index contributed by atoms with van der Waals surface area (Å²) in [5, 5.41) is 12.2. The molecule has 1 heterocycles. The fourth-order valence-corrected chi connectivity index (χ4v) is 3.29. The number of aliphatic hydroxyl groups excluding tert-OH is 1. The van der Waals surface area contributed by atoms with Crippen LogP contribution in [0.15, 0.2) is 30.3 Å². The summed E-state index contributed by atoms with van der Waals surface area (Å²) in [6.45, 7) is 5.65. The van der Waals surface area contributed by atoms with Gasteiger partial charge in [0, 0.05) is 19.4 Å². The van der Waals surface area contributed by atoms with Crippen molar-refractivity contribution < 1.29 is 19.5 Å². The molecule has 3 amide bonds. The molecule has 2 rings (SSSR count). The zero-order chi connectivity index (χ0) is 19.3. The molecule has 6 nitrogen and oxygen atoms in total. The molecule has 0 saturated carbocycles. The van der Waals surface area contributed by atoms with Gasteiger partial charge in [-0.2, -0.15) is 0 Å². The molecule has 142 valence electrons. The Morgan fingerprint density at radius 3 is 2.54 bits per heavy atom. The third-order valence-electron chi connectivity index (χ3n) is 5.37. The third kappa shape index (κ3) is 4.12. The van der Waals surface area contributed by atoms with Crippen LogP contribution >= 0.6 is 0 Å². The van der Waals surface area contributed by atoms with Gasteiger partial charge in [0.2, 0.25) is 17.7 Å². The Balaban J connectivity index is 1.99. The minimum atomic E-state index is -0.876. The van der Waals surface area contributed by atoms with Gasteiger partial charge in [-0.15, -0.1) is 0 Å². The van der Waals surface area contributed by atoms with Crippen molar-refractivity contribution in [3.63, 3.8) is 0 Å². The number of likely N-dealkylation sites (tertiary alicyclic amines) is 1. The highest BCUT2D eigenvalue weighted by Crippen LogP contribution is 2.36. The van der Waals surface area contributed by atoms with E-state index in [0.717, 1.165) is 12.0 Å². The summed E-state index contributed by atoms with van der Waals surface area (Å²) in [6, 6.07) is 8.94. The summed E-state index contributed by atoms with van der Waals surface area (Å²) in [5.41, 5.74) is -0.0680. The van der Waals surface area contributed by atoms with E-state index < -0.39 is 5.41 Å². The number of hydrogen-bond donors (Lipinski definition) is 2. The van der Waals surface area contributed by atoms with E-state index in [2.05, 4.69) is 5.32 Å². The maximum atomic E-state index is 12.8. The number of carbonyl (C=O) groups excluding carboxylic acids is 3. The number of nitrogens with one attached hydrogen (secondary N) is 1. The van der Waals surface area contributed by atoms with Crippen molar-refractivity contribution in [1.29, 1.82) is 0 Å². The lowest BCUT2D eigenvalue weighted by Gasteiger charge is -2.24. The number of aliphatic hydroxyl groups is 1. The number of nitrogens with zero attached hydrogens (tertiary/aromatic N) is 1. The molecule has 1 aromatic carbocycles. The Kier molecular flexibility index (Phi) is 6.53. The molecule has 0 spiro atoms. The molecule has 1 saturated heterocycles. The topological polar surface area (TPSA) is 86.7 Å². The van der Waals surface area contributed by atoms with Gasteiger partial charge in [0.05, 0.1) is 18.1 Å². The lowest BCUT2D eigenvalue weighted by molar-refractivity contribution is -0.140. The predicted octanol–water partition coefficient (Wildman–Crippen LogP) is 1.62. The number of amides is 3. The van der Waals surface area contributed by atoms with Gasteiger partial charge in [-0.05, 0) is 18.4 Å². The number of benzene rings is 1. The lowest BCUT2D eigenvalue weighted by atomic mass is 9.81. The van der Waals surface area contributed by atoms with Crippen LogP contribution < -0.4 is 5.32 Å². The summed E-state index contributed by atoms with van der Waals surface area (Å²) >= 11 is 0. The predicted molar refractivity (Wildman–Crippen MR) is 98.2 cm³/mol. The minimum absolute atomic E-state index is 0.0370. The van der Waals surface area contributed by atoms with E-state index in [0.29, 0.717) is 0 Å². The summed E-state index contributed by atoms with van der Waals surface area (Å²) in [4.78, 5) is 38.5. The van der Waals surface area contributed by atoms with Crippen molar-refractivity contribution in [3.05, 3.63) is 35.9 Å². The summed E-state index contributed by atoms with van der Waals surface area (Å²) in [6.07, 6.45) is 0.989. The second kappa shape index (κ2) is 8.45. The molecular formula is C20H28N2O4. The van der Waals surface area contributed by atoms with E-state index in [1.54, 1.807) is 6.92 Å². The molecule has 3 atom stereocenters. The highest BCUT2D eigenvalue weighted by atomic mass is 16.3. The first-order chi connectivity index (χ1) is 12.3. The van der Waals surface area contributed by atoms with E-state index in [1.165, 1.54) is 4.90 Å². The second-order valence-corrected chi connectivity index (χ2v) is 7.22. The molecular weight excluding hydrogens is 332 g/mol. The number of imide groups is 1. The van der Waals surface area contributed by atoms with Gasteiger partial charge >= 0.3 is 0 Å². The molecule has 6 heteroatoms. The van der Waals surface area contributed by atoms with Crippen LogP contribution in [-0.4, -0.2) is 46.9 Å². The van der Waals surface area contributed by atoms with E-state index in [-0.39, 0.29) is 55.7 Å². The molecule has 1 aliphatic heterocycles. The summed E-state index contributed by atoms with van der Waals surface area (Å²) in [5.74, 6) is -0.629. The molecule has 26 heavy (non-hydrogen) atoms. The third-order valence-corrected chi connectivity index (χ3v) is 5.37. The van der Waals surface area contributed by atoms with Gasteiger partial charge in [0.1, 0.15) is 0 Å². The van der Waals surface area contributed by atoms with Crippen LogP contribution in [0.3, 0.4) is 0 Å². The van der Waals surface area contributed by atoms with Gasteiger partial charge in [0.25, 0.3) is 0 Å². The zero-order valence-corrected chi connectivity index (χ0v) is 15.7. The SMILES string of the molecule is CC[C@H](C)[C@H](CO)NC(=O)CCN1C(=O)CC(C)(c2ccccc2)C1=O. The Morgan fingerprint density at radius 2 is 1.96 bits per heavy atom. The van der Waals surface area contributed by atoms with Crippen LogP contribution in [0.1, 0.15) is 45.6 Å². The average Bonchev–Trinajstić information content (AvgIpc) is 2.87. The van der Waals surface area contributed by atoms with E-state index in [9.17, 15) is 19.5 Å². The van der Waals surface area contributed by atoms with Gasteiger partial charge in [0.15, 0.2) is 0 Å². The number of rotatable bonds is 8. The molecule has 1 aromatic rings. The summed E-state index contributed by atoms with van der Waals surface area (Å²) < 4.78 is 0. The van der Waals surface area contributed by atoms with Gasteiger partial charge < -0.3 is 10.4 Å². The van der Waals surface area contributed by atoms with Crippen molar-refractivity contribution >= 4 is 17.7 Å². The van der Waals surface area contributed by atoms with Crippen LogP contribution in [0.4, 0.5) is 0 Å². The van der Waals surface area contributed by atoms with Crippen LogP contribution in [0.5, 0.6) is 0 Å². The largest absolute Gasteiger partial charge is 0.394 e. The molecule has 0 bridgehead atoms. The standard InChI is InChI=1S/C20H28N2O4/c1-4-14(2)16(13-23)21-17(24)10-11-22-18(25)12-20(3,19(22)26)15-8-6-5-7-9-15/h5-9,14,16,23H,4,10-13H2,1-3H3,(H,21,24)/t14-,16-,20?/m0/s1. The lowest BCUT2D eigenvalue weighted by Crippen LogP contribution is -2.44. The molecule has 0 radical (unpaired) electrons. The van der Waals surface area contributed by atoms with Crippen LogP contribution in [-0.2, 0) is 19.8 Å². The Labute approximate surface area is 154 Å².